The molecule has 7 heteroatoms. The van der Waals surface area contributed by atoms with Crippen LogP contribution in [0.2, 0.25) is 0 Å². The summed E-state index contributed by atoms with van der Waals surface area (Å²) in [7, 11) is 4.11. The summed E-state index contributed by atoms with van der Waals surface area (Å²) < 4.78 is 0. The third-order valence-corrected chi connectivity index (χ3v) is 12.7. The molecule has 4 heterocycles. The number of rotatable bonds is 8. The van der Waals surface area contributed by atoms with E-state index >= 15 is 0 Å². The minimum atomic E-state index is -0.350. The van der Waals surface area contributed by atoms with Gasteiger partial charge in [-0.3, -0.25) is 19.6 Å². The SMILES string of the molecule is CN1/C(=C\C(=O)c2ccccn2)C(C)(Cc2ccccc2)c2c1ccc1ccccc21.CN1/C(=C\C(=O)c2ccccn2)C(C)(Cc2ccccc2)c2c1ccc1ccccc21.[Ni+2]. The second-order valence-corrected chi connectivity index (χ2v) is 16.7. The van der Waals surface area contributed by atoms with Crippen LogP contribution in [0.15, 0.2) is 206 Å². The molecule has 0 N–H and O–H groups in total. The van der Waals surface area contributed by atoms with Crippen LogP contribution in [0.25, 0.3) is 21.5 Å². The maximum absolute atomic E-state index is 13.1. The number of anilines is 2. The predicted octanol–water partition coefficient (Wildman–Crippen LogP) is 11.9. The molecule has 0 aliphatic carbocycles. The summed E-state index contributed by atoms with van der Waals surface area (Å²) in [6, 6.07) is 57.6. The van der Waals surface area contributed by atoms with Crippen LogP contribution in [0.5, 0.6) is 0 Å². The molecule has 2 aliphatic rings. The van der Waals surface area contributed by atoms with Gasteiger partial charge in [0.25, 0.3) is 0 Å². The van der Waals surface area contributed by atoms with Crippen molar-refractivity contribution < 1.29 is 26.1 Å². The van der Waals surface area contributed by atoms with Crippen molar-refractivity contribution in [3.63, 3.8) is 0 Å². The fourth-order valence-corrected chi connectivity index (χ4v) is 9.79. The van der Waals surface area contributed by atoms with Crippen LogP contribution in [-0.4, -0.2) is 35.6 Å². The second kappa shape index (κ2) is 17.8. The summed E-state index contributed by atoms with van der Waals surface area (Å²) in [5, 5.41) is 4.90. The summed E-state index contributed by atoms with van der Waals surface area (Å²) in [5.41, 5.74) is 9.57. The Hall–Kier alpha value is -6.95. The van der Waals surface area contributed by atoms with Gasteiger partial charge in [-0.05, 0) is 107 Å². The molecule has 2 aromatic heterocycles. The van der Waals surface area contributed by atoms with E-state index in [9.17, 15) is 9.59 Å². The molecule has 63 heavy (non-hydrogen) atoms. The van der Waals surface area contributed by atoms with E-state index in [1.165, 1.54) is 43.8 Å². The molecule has 0 radical (unpaired) electrons. The van der Waals surface area contributed by atoms with Crippen LogP contribution in [0.1, 0.15) is 57.1 Å². The van der Waals surface area contributed by atoms with E-state index in [1.54, 1.807) is 36.7 Å². The van der Waals surface area contributed by atoms with Crippen molar-refractivity contribution in [2.24, 2.45) is 0 Å². The quantitative estimate of drug-likeness (QED) is 0.0861. The van der Waals surface area contributed by atoms with E-state index in [4.69, 9.17) is 0 Å². The van der Waals surface area contributed by atoms with Crippen molar-refractivity contribution in [2.45, 2.75) is 37.5 Å². The molecule has 0 bridgehead atoms. The zero-order valence-electron chi connectivity index (χ0n) is 35.8. The first-order valence-electron chi connectivity index (χ1n) is 21.1. The average Bonchev–Trinajstić information content (AvgIpc) is 3.65. The number of likely N-dealkylation sites (N-methyl/N-ethyl adjacent to an activating group) is 2. The summed E-state index contributed by atoms with van der Waals surface area (Å²) in [4.78, 5) is 39.1. The number of allylic oxidation sites excluding steroid dienone is 4. The van der Waals surface area contributed by atoms with Crippen LogP contribution in [0, 0.1) is 0 Å². The molecule has 2 unspecified atom stereocenters. The van der Waals surface area contributed by atoms with Crippen molar-refractivity contribution in [3.8, 4) is 0 Å². The fourth-order valence-electron chi connectivity index (χ4n) is 9.79. The monoisotopic (exact) mass is 866 g/mol. The van der Waals surface area contributed by atoms with E-state index in [0.717, 1.165) is 35.6 Å². The Morgan fingerprint density at radius 3 is 1.22 bits per heavy atom. The number of ketones is 2. The Labute approximate surface area is 379 Å². The maximum Gasteiger partial charge on any atom is 2.00 e. The smallest absolute Gasteiger partial charge is 0.347 e. The normalized spacial score (nSPS) is 18.7. The van der Waals surface area contributed by atoms with Gasteiger partial charge in [0.15, 0.2) is 0 Å². The molecule has 0 amide bonds. The summed E-state index contributed by atoms with van der Waals surface area (Å²) in [6.45, 7) is 4.51. The van der Waals surface area contributed by atoms with Crippen LogP contribution in [0.3, 0.4) is 0 Å². The van der Waals surface area contributed by atoms with Gasteiger partial charge in [-0.15, -0.1) is 0 Å². The van der Waals surface area contributed by atoms with Crippen LogP contribution in [0.4, 0.5) is 11.4 Å². The Bertz CT molecular complexity index is 2800. The summed E-state index contributed by atoms with van der Waals surface area (Å²) in [6.07, 6.45) is 8.49. The molecule has 10 rings (SSSR count). The summed E-state index contributed by atoms with van der Waals surface area (Å²) >= 11 is 0. The molecule has 2 aliphatic heterocycles. The first-order chi connectivity index (χ1) is 30.2. The van der Waals surface area contributed by atoms with Crippen molar-refractivity contribution in [2.75, 3.05) is 23.9 Å². The van der Waals surface area contributed by atoms with Crippen molar-refractivity contribution in [1.82, 2.24) is 9.97 Å². The van der Waals surface area contributed by atoms with Gasteiger partial charge < -0.3 is 9.80 Å². The molecule has 0 fully saturated rings. The molecule has 0 saturated carbocycles. The number of aromatic nitrogens is 2. The van der Waals surface area contributed by atoms with Crippen LogP contribution in [-0.2, 0) is 40.2 Å². The molecule has 312 valence electrons. The number of hydrogen-bond donors (Lipinski definition) is 0. The predicted molar refractivity (Wildman–Crippen MR) is 253 cm³/mol. The Kier molecular flexibility index (Phi) is 12.1. The number of hydrogen-bond acceptors (Lipinski definition) is 6. The second-order valence-electron chi connectivity index (χ2n) is 16.7. The van der Waals surface area contributed by atoms with Gasteiger partial charge in [0, 0.05) is 72.2 Å². The van der Waals surface area contributed by atoms with Gasteiger partial charge in [0.2, 0.25) is 11.6 Å². The van der Waals surface area contributed by atoms with Gasteiger partial charge in [-0.25, -0.2) is 0 Å². The van der Waals surface area contributed by atoms with Crippen molar-refractivity contribution >= 4 is 44.5 Å². The first kappa shape index (κ1) is 42.7. The number of fused-ring (bicyclic) bond motifs is 6. The Balaban J connectivity index is 0.000000170. The molecule has 6 aromatic carbocycles. The Morgan fingerprint density at radius 1 is 0.476 bits per heavy atom. The largest absolute Gasteiger partial charge is 2.00 e. The van der Waals surface area contributed by atoms with E-state index in [-0.39, 0.29) is 38.9 Å². The van der Waals surface area contributed by atoms with Gasteiger partial charge >= 0.3 is 16.5 Å². The number of benzene rings is 6. The number of carbonyl (C=O) groups excluding carboxylic acids is 2. The van der Waals surface area contributed by atoms with Gasteiger partial charge in [-0.2, -0.15) is 0 Å². The van der Waals surface area contributed by atoms with E-state index in [2.05, 4.69) is 169 Å². The molecule has 0 spiro atoms. The van der Waals surface area contributed by atoms with Crippen LogP contribution < -0.4 is 9.80 Å². The number of carbonyl (C=O) groups is 2. The zero-order chi connectivity index (χ0) is 42.8. The average molecular weight is 868 g/mol. The van der Waals surface area contributed by atoms with Gasteiger partial charge in [0.1, 0.15) is 11.4 Å². The molecule has 8 aromatic rings. The standard InChI is InChI=1S/2C28H24N2O.Ni/c2*1-28(19-20-10-4-3-5-11-20)26(18-25(31)23-14-8-9-17-29-23)30(2)24-16-15-21-12-6-7-13-22(21)27(24)28;/h2*3-18H,19H2,1-2H3;/q;;+2/b2*26-18-;. The van der Waals surface area contributed by atoms with Gasteiger partial charge in [-0.1, -0.05) is 133 Å². The fraction of sp³-hybridized carbons (Fsp3) is 0.143. The third kappa shape index (κ3) is 8.01. The topological polar surface area (TPSA) is 66.4 Å². The molecular formula is C56H48N4NiO2+2. The number of nitrogens with zero attached hydrogens (tertiary/aromatic N) is 4. The minimum Gasteiger partial charge on any atom is -0.347 e. The van der Waals surface area contributed by atoms with Gasteiger partial charge in [0.05, 0.1) is 0 Å². The van der Waals surface area contributed by atoms with Crippen LogP contribution >= 0.6 is 0 Å². The minimum absolute atomic E-state index is 0. The zero-order valence-corrected chi connectivity index (χ0v) is 36.8. The molecule has 0 saturated heterocycles. The first-order valence-corrected chi connectivity index (χ1v) is 21.1. The van der Waals surface area contributed by atoms with Crippen molar-refractivity contribution in [1.29, 1.82) is 0 Å². The summed E-state index contributed by atoms with van der Waals surface area (Å²) in [5.74, 6) is -0.141. The molecular weight excluding hydrogens is 819 g/mol. The van der Waals surface area contributed by atoms with E-state index < -0.39 is 0 Å². The Morgan fingerprint density at radius 2 is 0.841 bits per heavy atom. The molecule has 6 nitrogen and oxygen atoms in total. The van der Waals surface area contributed by atoms with Crippen molar-refractivity contribution in [3.05, 3.63) is 239 Å². The molecule has 2 atom stereocenters. The van der Waals surface area contributed by atoms with E-state index in [0.29, 0.717) is 11.4 Å². The van der Waals surface area contributed by atoms with E-state index in [1.807, 2.05) is 36.4 Å². The third-order valence-electron chi connectivity index (χ3n) is 12.7. The number of pyridine rings is 2. The maximum atomic E-state index is 13.1.